The molecule has 0 bridgehead atoms. The lowest BCUT2D eigenvalue weighted by molar-refractivity contribution is 0.515. The van der Waals surface area contributed by atoms with Crippen molar-refractivity contribution in [2.75, 3.05) is 36.4 Å². The molecule has 2 fully saturated rings. The molecule has 1 saturated carbocycles. The Morgan fingerprint density at radius 3 is 2.76 bits per heavy atom. The van der Waals surface area contributed by atoms with Crippen molar-refractivity contribution in [3.8, 4) is 6.07 Å². The van der Waals surface area contributed by atoms with E-state index in [0.29, 0.717) is 16.6 Å². The molecule has 0 spiro atoms. The van der Waals surface area contributed by atoms with E-state index in [1.54, 1.807) is 16.8 Å². The maximum Gasteiger partial charge on any atom is 0.302 e. The van der Waals surface area contributed by atoms with E-state index in [9.17, 15) is 10.1 Å². The molecule has 6 rings (SSSR count). The van der Waals surface area contributed by atoms with Crippen molar-refractivity contribution in [3.05, 3.63) is 46.4 Å². The molecular weight excluding hydrogens is 432 g/mol. The van der Waals surface area contributed by atoms with Crippen LogP contribution in [0.1, 0.15) is 37.3 Å². The molecule has 172 valence electrons. The van der Waals surface area contributed by atoms with Gasteiger partial charge in [-0.1, -0.05) is 12.8 Å². The quantitative estimate of drug-likeness (QED) is 0.476. The molecule has 1 aromatic carbocycles. The third-order valence-electron chi connectivity index (χ3n) is 6.66. The van der Waals surface area contributed by atoms with Crippen molar-refractivity contribution < 1.29 is 4.42 Å². The first kappa shape index (κ1) is 20.6. The number of fused-ring (bicyclic) bond motifs is 2. The number of oxazole rings is 1. The fourth-order valence-corrected chi connectivity index (χ4v) is 4.95. The predicted octanol–water partition coefficient (Wildman–Crippen LogP) is 3.07. The minimum atomic E-state index is -0.297. The third-order valence-corrected chi connectivity index (χ3v) is 6.66. The third kappa shape index (κ3) is 3.64. The number of piperazine rings is 1. The van der Waals surface area contributed by atoms with Gasteiger partial charge < -0.3 is 14.6 Å². The Morgan fingerprint density at radius 1 is 1.15 bits per heavy atom. The Labute approximate surface area is 195 Å². The second kappa shape index (κ2) is 8.43. The van der Waals surface area contributed by atoms with Gasteiger partial charge in [-0.15, -0.1) is 0 Å². The average Bonchev–Trinajstić information content (AvgIpc) is 3.53. The summed E-state index contributed by atoms with van der Waals surface area (Å²) in [6.07, 6.45) is 5.55. The van der Waals surface area contributed by atoms with Crippen molar-refractivity contribution in [2.45, 2.75) is 31.7 Å². The maximum absolute atomic E-state index is 13.0. The van der Waals surface area contributed by atoms with Gasteiger partial charge in [-0.25, -0.2) is 4.98 Å². The zero-order chi connectivity index (χ0) is 23.1. The molecule has 1 saturated heterocycles. The number of rotatable bonds is 4. The molecule has 34 heavy (non-hydrogen) atoms. The second-order valence-corrected chi connectivity index (χ2v) is 8.79. The summed E-state index contributed by atoms with van der Waals surface area (Å²) >= 11 is 0. The smallest absolute Gasteiger partial charge is 0.302 e. The summed E-state index contributed by atoms with van der Waals surface area (Å²) in [6, 6.07) is 9.89. The highest BCUT2D eigenvalue weighted by Gasteiger charge is 2.23. The van der Waals surface area contributed by atoms with Gasteiger partial charge in [0.15, 0.2) is 5.58 Å². The van der Waals surface area contributed by atoms with Crippen molar-refractivity contribution in [1.29, 1.82) is 5.26 Å². The number of hydrogen-bond acceptors (Lipinski definition) is 9. The van der Waals surface area contributed by atoms with Crippen LogP contribution in [0, 0.1) is 11.3 Å². The summed E-state index contributed by atoms with van der Waals surface area (Å²) in [4.78, 5) is 28.9. The Morgan fingerprint density at radius 2 is 1.97 bits per heavy atom. The fourth-order valence-electron chi connectivity index (χ4n) is 4.95. The number of aromatic nitrogens is 4. The van der Waals surface area contributed by atoms with Gasteiger partial charge >= 0.3 is 6.01 Å². The monoisotopic (exact) mass is 456 g/mol. The Balaban J connectivity index is 1.35. The molecule has 2 aliphatic rings. The number of hydrogen-bond donors (Lipinski definition) is 2. The van der Waals surface area contributed by atoms with Crippen molar-refractivity contribution >= 4 is 39.8 Å². The van der Waals surface area contributed by atoms with Gasteiger partial charge in [0.25, 0.3) is 5.56 Å². The predicted molar refractivity (Wildman–Crippen MR) is 128 cm³/mol. The number of nitrogens with one attached hydrogen (secondary N) is 2. The summed E-state index contributed by atoms with van der Waals surface area (Å²) in [7, 11) is 0. The van der Waals surface area contributed by atoms with Crippen molar-refractivity contribution in [1.82, 2.24) is 24.8 Å². The minimum absolute atomic E-state index is 0.0405. The molecule has 3 aromatic heterocycles. The lowest BCUT2D eigenvalue weighted by atomic mass is 10.2. The topological polar surface area (TPSA) is 125 Å². The zero-order valence-corrected chi connectivity index (χ0v) is 18.6. The van der Waals surface area contributed by atoms with E-state index in [4.69, 9.17) is 4.42 Å². The highest BCUT2D eigenvalue weighted by molar-refractivity contribution is 5.80. The number of nitriles is 1. The van der Waals surface area contributed by atoms with Crippen LogP contribution in [-0.2, 0) is 0 Å². The minimum Gasteiger partial charge on any atom is -0.423 e. The highest BCUT2D eigenvalue weighted by atomic mass is 16.4. The summed E-state index contributed by atoms with van der Waals surface area (Å²) in [5.41, 5.74) is 2.87. The number of benzene rings is 1. The fraction of sp³-hybridized carbons (Fsp3) is 0.375. The average molecular weight is 457 g/mol. The summed E-state index contributed by atoms with van der Waals surface area (Å²) in [6.45, 7) is 3.83. The number of pyridine rings is 1. The van der Waals surface area contributed by atoms with Crippen LogP contribution in [0.25, 0.3) is 22.1 Å². The summed E-state index contributed by atoms with van der Waals surface area (Å²) in [5.74, 6) is 0.289. The van der Waals surface area contributed by atoms with Crippen LogP contribution in [0.2, 0.25) is 0 Å². The molecule has 4 aromatic rings. The number of nitrogens with zero attached hydrogens (tertiary/aromatic N) is 6. The molecule has 4 heterocycles. The van der Waals surface area contributed by atoms with Gasteiger partial charge in [0.05, 0.1) is 0 Å². The first-order valence-corrected chi connectivity index (χ1v) is 11.7. The van der Waals surface area contributed by atoms with E-state index in [0.717, 1.165) is 63.1 Å². The van der Waals surface area contributed by atoms with Gasteiger partial charge in [-0.2, -0.15) is 15.2 Å². The Kier molecular flexibility index (Phi) is 5.11. The molecule has 0 amide bonds. The SMILES string of the molecule is N#Cc1cc2cnc(Nc3nc4cc(N5CCNCC5)ccc4o3)nc2n(C2CCCC2)c1=O. The zero-order valence-electron chi connectivity index (χ0n) is 18.6. The van der Waals surface area contributed by atoms with E-state index in [1.807, 2.05) is 24.3 Å². The van der Waals surface area contributed by atoms with Crippen LogP contribution in [0.3, 0.4) is 0 Å². The van der Waals surface area contributed by atoms with Gasteiger partial charge in [-0.05, 0) is 37.1 Å². The molecule has 1 aliphatic carbocycles. The summed E-state index contributed by atoms with van der Waals surface area (Å²) < 4.78 is 7.54. The van der Waals surface area contributed by atoms with E-state index in [-0.39, 0.29) is 29.1 Å². The first-order valence-electron chi connectivity index (χ1n) is 11.7. The normalized spacial score (nSPS) is 16.9. The van der Waals surface area contributed by atoms with Crippen LogP contribution in [0.5, 0.6) is 0 Å². The molecule has 10 nitrogen and oxygen atoms in total. The van der Waals surface area contributed by atoms with E-state index in [1.165, 1.54) is 0 Å². The van der Waals surface area contributed by atoms with E-state index >= 15 is 0 Å². The van der Waals surface area contributed by atoms with E-state index < -0.39 is 0 Å². The molecule has 1 aliphatic heterocycles. The Hall–Kier alpha value is -3.97. The molecule has 0 atom stereocenters. The van der Waals surface area contributed by atoms with E-state index in [2.05, 4.69) is 30.5 Å². The van der Waals surface area contributed by atoms with Gasteiger partial charge in [-0.3, -0.25) is 14.7 Å². The van der Waals surface area contributed by atoms with Crippen molar-refractivity contribution in [3.63, 3.8) is 0 Å². The van der Waals surface area contributed by atoms with Gasteiger partial charge in [0.2, 0.25) is 5.95 Å². The van der Waals surface area contributed by atoms with Crippen LogP contribution in [-0.4, -0.2) is 45.7 Å². The molecule has 2 N–H and O–H groups in total. The standard InChI is InChI=1S/C24H24N8O2/c25-13-15-11-16-14-27-23(29-21(16)32(22(15)33)17-3-1-2-4-17)30-24-28-19-12-18(5-6-20(19)34-24)31-9-7-26-8-10-31/h5-6,11-12,14,17,26H,1-4,7-10H2,(H,27,28,29,30). The van der Waals surface area contributed by atoms with Crippen molar-refractivity contribution in [2.24, 2.45) is 0 Å². The Bertz CT molecular complexity index is 1470. The lowest BCUT2D eigenvalue weighted by Gasteiger charge is -2.29. The van der Waals surface area contributed by atoms with Crippen LogP contribution in [0.4, 0.5) is 17.7 Å². The van der Waals surface area contributed by atoms with Crippen LogP contribution >= 0.6 is 0 Å². The first-order chi connectivity index (χ1) is 16.7. The molecule has 10 heteroatoms. The second-order valence-electron chi connectivity index (χ2n) is 8.79. The largest absolute Gasteiger partial charge is 0.423 e. The molecule has 0 unspecified atom stereocenters. The van der Waals surface area contributed by atoms with Gasteiger partial charge in [0, 0.05) is 49.5 Å². The highest BCUT2D eigenvalue weighted by Crippen LogP contribution is 2.31. The molecule has 0 radical (unpaired) electrons. The van der Waals surface area contributed by atoms with Crippen LogP contribution in [0.15, 0.2) is 39.7 Å². The number of anilines is 3. The van der Waals surface area contributed by atoms with Gasteiger partial charge in [0.1, 0.15) is 22.8 Å². The van der Waals surface area contributed by atoms with Crippen LogP contribution < -0.4 is 21.1 Å². The lowest BCUT2D eigenvalue weighted by Crippen LogP contribution is -2.43. The summed E-state index contributed by atoms with van der Waals surface area (Å²) in [5, 5.41) is 16.5. The molecular formula is C24H24N8O2. The maximum atomic E-state index is 13.0.